The molecule has 7 N–H and O–H groups in total. The number of amides is 5. The van der Waals surface area contributed by atoms with Crippen LogP contribution in [0.15, 0.2) is 29.6 Å². The van der Waals surface area contributed by atoms with E-state index in [9.17, 15) is 29.1 Å². The number of nitrogens with zero attached hydrogens (tertiary/aromatic N) is 3. The van der Waals surface area contributed by atoms with Crippen LogP contribution in [0.3, 0.4) is 0 Å². The molecule has 1 fully saturated rings. The lowest BCUT2D eigenvalue weighted by Gasteiger charge is -2.40. The Hall–Kier alpha value is -4.36. The van der Waals surface area contributed by atoms with Gasteiger partial charge in [0.25, 0.3) is 5.91 Å². The highest BCUT2D eigenvalue weighted by molar-refractivity contribution is 7.09. The summed E-state index contributed by atoms with van der Waals surface area (Å²) >= 11 is 1.31. The fourth-order valence-electron chi connectivity index (χ4n) is 7.77. The molecule has 1 saturated heterocycles. The number of nitrogens with two attached hydrogens (primary N) is 1. The van der Waals surface area contributed by atoms with Gasteiger partial charge in [-0.2, -0.15) is 0 Å². The number of nitrogens with one attached hydrogen (secondary N) is 4. The van der Waals surface area contributed by atoms with Crippen molar-refractivity contribution in [2.24, 2.45) is 23.5 Å². The molecule has 1 aliphatic heterocycles. The largest absolute Gasteiger partial charge is 0.508 e. The first-order valence-corrected chi connectivity index (χ1v) is 24.0. The van der Waals surface area contributed by atoms with Gasteiger partial charge >= 0.3 is 6.09 Å². The fourth-order valence-corrected chi connectivity index (χ4v) is 8.63. The monoisotopic (exact) mass is 917 g/mol. The molecule has 0 spiro atoms. The summed E-state index contributed by atoms with van der Waals surface area (Å²) in [6, 6.07) is 4.86. The third-order valence-corrected chi connectivity index (χ3v) is 12.6. The molecule has 1 aromatic carbocycles. The molecule has 0 radical (unpaired) electrons. The van der Waals surface area contributed by atoms with Crippen molar-refractivity contribution in [3.63, 3.8) is 0 Å². The van der Waals surface area contributed by atoms with Crippen LogP contribution in [0.1, 0.15) is 127 Å². The van der Waals surface area contributed by atoms with E-state index < -0.39 is 42.0 Å². The zero-order valence-corrected chi connectivity index (χ0v) is 40.2. The number of rotatable bonds is 27. The van der Waals surface area contributed by atoms with Crippen molar-refractivity contribution < 1.29 is 43.3 Å². The van der Waals surface area contributed by atoms with Crippen LogP contribution in [0.4, 0.5) is 4.79 Å². The van der Waals surface area contributed by atoms with Gasteiger partial charge in [0.15, 0.2) is 0 Å². The predicted molar refractivity (Wildman–Crippen MR) is 247 cm³/mol. The Bertz CT molecular complexity index is 1730. The summed E-state index contributed by atoms with van der Waals surface area (Å²) in [5.41, 5.74) is 11.0. The van der Waals surface area contributed by atoms with Crippen molar-refractivity contribution in [3.8, 4) is 5.75 Å². The lowest BCUT2D eigenvalue weighted by Crippen LogP contribution is -2.58. The van der Waals surface area contributed by atoms with Gasteiger partial charge in [-0.3, -0.25) is 29.5 Å². The second-order valence-electron chi connectivity index (χ2n) is 17.2. The summed E-state index contributed by atoms with van der Waals surface area (Å²) in [7, 11) is 1.97. The number of phenols is 1. The normalized spacial score (nSPS) is 17.1. The summed E-state index contributed by atoms with van der Waals surface area (Å²) < 4.78 is 16.6. The van der Waals surface area contributed by atoms with Gasteiger partial charge in [-0.1, -0.05) is 73.4 Å². The molecular weight excluding hydrogens is 841 g/mol. The SMILES string of the molecule is CCCO[C@H](C[C@H](C(C)C)N(CCC)C(=O)[C@@H](NC(=O)[C@H]1CCCCN1C)[C@@H](C)CC)c1nc(C(=O)NC(Cc2ccc(O)cc2)C[C@H](C)C(=O)NNC(=O)OCCOCCN)cs1. The third-order valence-electron chi connectivity index (χ3n) is 11.6. The zero-order valence-electron chi connectivity index (χ0n) is 39.4. The van der Waals surface area contributed by atoms with Gasteiger partial charge in [-0.15, -0.1) is 11.3 Å². The van der Waals surface area contributed by atoms with Crippen molar-refractivity contribution in [2.45, 2.75) is 137 Å². The Labute approximate surface area is 384 Å². The van der Waals surface area contributed by atoms with Gasteiger partial charge in [0.1, 0.15) is 35.2 Å². The van der Waals surface area contributed by atoms with E-state index in [2.05, 4.69) is 40.2 Å². The van der Waals surface area contributed by atoms with Gasteiger partial charge in [-0.25, -0.2) is 15.2 Å². The molecule has 1 aromatic heterocycles. The van der Waals surface area contributed by atoms with E-state index in [4.69, 9.17) is 24.9 Å². The van der Waals surface area contributed by atoms with E-state index in [0.717, 1.165) is 50.6 Å². The Morgan fingerprint density at radius 2 is 1.69 bits per heavy atom. The number of carbonyl (C=O) groups is 5. The molecule has 64 heavy (non-hydrogen) atoms. The number of phenolic OH excluding ortho intramolecular Hbond substituents is 1. The topological polar surface area (TPSA) is 227 Å². The van der Waals surface area contributed by atoms with Crippen LogP contribution in [0.2, 0.25) is 0 Å². The molecule has 360 valence electrons. The number of aromatic hydroxyl groups is 1. The van der Waals surface area contributed by atoms with E-state index in [1.165, 1.54) is 11.3 Å². The highest BCUT2D eigenvalue weighted by Gasteiger charge is 2.38. The summed E-state index contributed by atoms with van der Waals surface area (Å²) in [4.78, 5) is 76.3. The number of aromatic nitrogens is 1. The maximum Gasteiger partial charge on any atom is 0.426 e. The van der Waals surface area contributed by atoms with Crippen molar-refractivity contribution in [1.82, 2.24) is 36.3 Å². The minimum absolute atomic E-state index is 0.0184. The summed E-state index contributed by atoms with van der Waals surface area (Å²) in [5.74, 6) is -1.74. The maximum absolute atomic E-state index is 14.7. The van der Waals surface area contributed by atoms with E-state index >= 15 is 0 Å². The predicted octanol–water partition coefficient (Wildman–Crippen LogP) is 5.08. The molecule has 2 heterocycles. The lowest BCUT2D eigenvalue weighted by molar-refractivity contribution is -0.143. The average Bonchev–Trinajstić information content (AvgIpc) is 3.77. The van der Waals surface area contributed by atoms with E-state index in [1.54, 1.807) is 36.6 Å². The van der Waals surface area contributed by atoms with Gasteiger partial charge in [-0.05, 0) is 81.6 Å². The second-order valence-corrected chi connectivity index (χ2v) is 18.1. The number of hydrazine groups is 1. The first-order chi connectivity index (χ1) is 30.6. The number of ether oxygens (including phenoxy) is 3. The average molecular weight is 917 g/mol. The fraction of sp³-hybridized carbons (Fsp3) is 0.696. The first kappa shape index (κ1) is 54.0. The highest BCUT2D eigenvalue weighted by Crippen LogP contribution is 2.32. The van der Waals surface area contributed by atoms with Crippen LogP contribution < -0.4 is 27.2 Å². The minimum Gasteiger partial charge on any atom is -0.508 e. The number of piperidine rings is 1. The number of thiazole rings is 1. The Kier molecular flexibility index (Phi) is 24.1. The molecule has 18 heteroatoms. The quantitative estimate of drug-likeness (QED) is 0.0510. The number of hydrogen-bond acceptors (Lipinski definition) is 13. The zero-order chi connectivity index (χ0) is 47.2. The number of hydrogen-bond donors (Lipinski definition) is 6. The van der Waals surface area contributed by atoms with Crippen molar-refractivity contribution in [1.29, 1.82) is 0 Å². The second kappa shape index (κ2) is 28.5. The molecule has 0 saturated carbocycles. The molecule has 5 amide bonds. The highest BCUT2D eigenvalue weighted by atomic mass is 32.1. The number of carbonyl (C=O) groups excluding carboxylic acids is 5. The van der Waals surface area contributed by atoms with Gasteiger partial charge in [0.05, 0.1) is 19.3 Å². The Balaban J connectivity index is 1.81. The molecule has 0 bridgehead atoms. The molecule has 0 aliphatic carbocycles. The molecular formula is C46H76N8O9S. The van der Waals surface area contributed by atoms with E-state index in [-0.39, 0.29) is 66.8 Å². The standard InChI is InChI=1S/C46H76N8O9S/c1-9-20-54(45(59)40(31(6)11-3)50-43(58)37-14-12-13-21-53(37)8)38(30(4)5)28-39(62-22-10-2)44-49-36(29-64-44)42(57)48-34(27-33-15-17-35(55)18-16-33)26-32(7)41(56)51-52-46(60)63-25-24-61-23-19-47/h15-18,29-32,34,37-40,55H,9-14,19-28,47H2,1-8H3,(H,48,57)(H,50,58)(H,51,56)(H,52,60)/t31-,32-,34?,37+,38+,39+,40-/m0/s1. The summed E-state index contributed by atoms with van der Waals surface area (Å²) in [5, 5.41) is 18.4. The first-order valence-electron chi connectivity index (χ1n) is 23.1. The van der Waals surface area contributed by atoms with Crippen molar-refractivity contribution in [3.05, 3.63) is 45.9 Å². The van der Waals surface area contributed by atoms with Crippen LogP contribution in [-0.2, 0) is 35.0 Å². The number of likely N-dealkylation sites (N-methyl/N-ethyl adjacent to an activating group) is 1. The molecule has 2 aromatic rings. The van der Waals surface area contributed by atoms with Crippen LogP contribution >= 0.6 is 11.3 Å². The van der Waals surface area contributed by atoms with E-state index in [1.807, 2.05) is 39.6 Å². The van der Waals surface area contributed by atoms with E-state index in [0.29, 0.717) is 44.2 Å². The maximum atomic E-state index is 14.7. The lowest BCUT2D eigenvalue weighted by atomic mass is 9.92. The molecule has 1 unspecified atom stereocenters. The number of benzene rings is 1. The molecule has 1 aliphatic rings. The van der Waals surface area contributed by atoms with Crippen molar-refractivity contribution >= 4 is 41.1 Å². The van der Waals surface area contributed by atoms with Crippen LogP contribution in [-0.4, -0.2) is 127 Å². The summed E-state index contributed by atoms with van der Waals surface area (Å²) in [6.45, 7) is 16.6. The Morgan fingerprint density at radius 1 is 0.953 bits per heavy atom. The summed E-state index contributed by atoms with van der Waals surface area (Å²) in [6.07, 6.45) is 4.60. The Morgan fingerprint density at radius 3 is 2.33 bits per heavy atom. The van der Waals surface area contributed by atoms with Gasteiger partial charge in [0.2, 0.25) is 17.7 Å². The van der Waals surface area contributed by atoms with Gasteiger partial charge in [0, 0.05) is 49.5 Å². The molecule has 17 nitrogen and oxygen atoms in total. The number of likely N-dealkylation sites (tertiary alicyclic amines) is 1. The van der Waals surface area contributed by atoms with Crippen LogP contribution in [0.25, 0.3) is 0 Å². The smallest absolute Gasteiger partial charge is 0.426 e. The molecule has 3 rings (SSSR count). The van der Waals surface area contributed by atoms with Gasteiger partial charge < -0.3 is 40.6 Å². The minimum atomic E-state index is -0.849. The van der Waals surface area contributed by atoms with Crippen LogP contribution in [0, 0.1) is 17.8 Å². The molecule has 7 atom stereocenters. The van der Waals surface area contributed by atoms with Crippen molar-refractivity contribution in [2.75, 3.05) is 53.1 Å². The van der Waals surface area contributed by atoms with Crippen LogP contribution in [0.5, 0.6) is 5.75 Å². The third kappa shape index (κ3) is 17.6.